The Hall–Kier alpha value is -2.67. The molecule has 2 aromatic heterocycles. The van der Waals surface area contributed by atoms with Crippen LogP contribution >= 0.6 is 0 Å². The summed E-state index contributed by atoms with van der Waals surface area (Å²) in [5, 5.41) is 3.54. The second-order valence-electron chi connectivity index (χ2n) is 6.64. The van der Waals surface area contributed by atoms with Gasteiger partial charge in [-0.15, -0.1) is 0 Å². The summed E-state index contributed by atoms with van der Waals surface area (Å²) in [5.41, 5.74) is 2.93. The van der Waals surface area contributed by atoms with Gasteiger partial charge in [-0.3, -0.25) is 13.9 Å². The SMILES string of the molecule is Cn1c(=O)c2c(nc(CNC3CCc4ccccc43)n2C)n(C)c1=O. The first-order valence-corrected chi connectivity index (χ1v) is 8.41. The number of nitrogens with one attached hydrogen (secondary N) is 1. The standard InChI is InChI=1S/C18H21N5O2/c1-21-14(10-19-13-9-8-11-6-4-5-7-12(11)13)20-16-15(21)17(24)23(3)18(25)22(16)2/h4-7,13,19H,8-10H2,1-3H3. The van der Waals surface area contributed by atoms with Crippen molar-refractivity contribution in [1.29, 1.82) is 0 Å². The topological polar surface area (TPSA) is 73.8 Å². The molecule has 0 fully saturated rings. The second kappa shape index (κ2) is 5.70. The van der Waals surface area contributed by atoms with Crippen LogP contribution in [-0.2, 0) is 34.1 Å². The molecule has 0 bridgehead atoms. The number of rotatable bonds is 3. The molecule has 1 aromatic carbocycles. The fourth-order valence-electron chi connectivity index (χ4n) is 3.71. The molecule has 0 aliphatic heterocycles. The minimum atomic E-state index is -0.361. The summed E-state index contributed by atoms with van der Waals surface area (Å²) in [7, 11) is 4.95. The molecule has 1 N–H and O–H groups in total. The first kappa shape index (κ1) is 15.8. The summed E-state index contributed by atoms with van der Waals surface area (Å²) in [4.78, 5) is 29.1. The lowest BCUT2D eigenvalue weighted by atomic mass is 10.1. The van der Waals surface area contributed by atoms with Gasteiger partial charge in [0.1, 0.15) is 5.82 Å². The van der Waals surface area contributed by atoms with Gasteiger partial charge in [-0.1, -0.05) is 24.3 Å². The Morgan fingerprint density at radius 3 is 2.68 bits per heavy atom. The molecule has 7 nitrogen and oxygen atoms in total. The lowest BCUT2D eigenvalue weighted by Gasteiger charge is -2.13. The van der Waals surface area contributed by atoms with Crippen LogP contribution in [0.5, 0.6) is 0 Å². The van der Waals surface area contributed by atoms with Crippen molar-refractivity contribution in [2.45, 2.75) is 25.4 Å². The van der Waals surface area contributed by atoms with Crippen molar-refractivity contribution >= 4 is 11.2 Å². The van der Waals surface area contributed by atoms with Gasteiger partial charge in [0, 0.05) is 27.2 Å². The molecule has 2 heterocycles. The van der Waals surface area contributed by atoms with Gasteiger partial charge in [0.25, 0.3) is 5.56 Å². The molecule has 7 heteroatoms. The van der Waals surface area contributed by atoms with Crippen LogP contribution in [0.4, 0.5) is 0 Å². The third-order valence-corrected chi connectivity index (χ3v) is 5.21. The Morgan fingerprint density at radius 1 is 1.12 bits per heavy atom. The molecular formula is C18H21N5O2. The summed E-state index contributed by atoms with van der Waals surface area (Å²) in [6, 6.07) is 8.76. The van der Waals surface area contributed by atoms with Crippen LogP contribution in [0.1, 0.15) is 29.4 Å². The number of benzene rings is 1. The van der Waals surface area contributed by atoms with Crippen molar-refractivity contribution in [3.63, 3.8) is 0 Å². The van der Waals surface area contributed by atoms with E-state index in [0.717, 1.165) is 23.2 Å². The molecule has 0 saturated carbocycles. The fourth-order valence-corrected chi connectivity index (χ4v) is 3.71. The third-order valence-electron chi connectivity index (χ3n) is 5.21. The molecule has 130 valence electrons. The molecule has 0 spiro atoms. The van der Waals surface area contributed by atoms with E-state index >= 15 is 0 Å². The van der Waals surface area contributed by atoms with Crippen molar-refractivity contribution in [3.8, 4) is 0 Å². The van der Waals surface area contributed by atoms with Crippen molar-refractivity contribution in [2.75, 3.05) is 0 Å². The maximum Gasteiger partial charge on any atom is 0.332 e. The summed E-state index contributed by atoms with van der Waals surface area (Å²) in [5.74, 6) is 0.748. The van der Waals surface area contributed by atoms with Crippen molar-refractivity contribution in [1.82, 2.24) is 24.0 Å². The summed E-state index contributed by atoms with van der Waals surface area (Å²) in [6.45, 7) is 0.543. The first-order chi connectivity index (χ1) is 12.0. The Kier molecular flexibility index (Phi) is 3.61. The van der Waals surface area contributed by atoms with Crippen LogP contribution in [-0.4, -0.2) is 18.7 Å². The van der Waals surface area contributed by atoms with Gasteiger partial charge in [0.2, 0.25) is 0 Å². The molecule has 25 heavy (non-hydrogen) atoms. The minimum absolute atomic E-state index is 0.294. The number of hydrogen-bond donors (Lipinski definition) is 1. The largest absolute Gasteiger partial charge is 0.332 e. The van der Waals surface area contributed by atoms with Crippen LogP contribution in [0.15, 0.2) is 33.9 Å². The van der Waals surface area contributed by atoms with Crippen molar-refractivity contribution < 1.29 is 0 Å². The molecule has 0 amide bonds. The van der Waals surface area contributed by atoms with Gasteiger partial charge in [-0.25, -0.2) is 9.78 Å². The molecule has 0 saturated heterocycles. The highest BCUT2D eigenvalue weighted by Gasteiger charge is 2.22. The van der Waals surface area contributed by atoms with Gasteiger partial charge in [0.05, 0.1) is 6.54 Å². The second-order valence-corrected chi connectivity index (χ2v) is 6.64. The smallest absolute Gasteiger partial charge is 0.324 e. The van der Waals surface area contributed by atoms with Gasteiger partial charge >= 0.3 is 5.69 Å². The Labute approximate surface area is 144 Å². The normalized spacial score (nSPS) is 16.5. The van der Waals surface area contributed by atoms with E-state index in [2.05, 4.69) is 34.6 Å². The van der Waals surface area contributed by atoms with E-state index in [1.54, 1.807) is 11.6 Å². The highest BCUT2D eigenvalue weighted by atomic mass is 16.2. The number of imidazole rings is 1. The number of aromatic nitrogens is 4. The van der Waals surface area contributed by atoms with Crippen LogP contribution in [0.2, 0.25) is 0 Å². The van der Waals surface area contributed by atoms with Crippen LogP contribution in [0.3, 0.4) is 0 Å². The van der Waals surface area contributed by atoms with Gasteiger partial charge in [0.15, 0.2) is 11.2 Å². The molecule has 3 aromatic rings. The van der Waals surface area contributed by atoms with Crippen LogP contribution in [0.25, 0.3) is 11.2 Å². The lowest BCUT2D eigenvalue weighted by molar-refractivity contribution is 0.513. The predicted octanol–water partition coefficient (Wildman–Crippen LogP) is 0.748. The Balaban J connectivity index is 1.69. The molecule has 1 atom stereocenters. The molecule has 1 unspecified atom stereocenters. The summed E-state index contributed by atoms with van der Waals surface area (Å²) >= 11 is 0. The van der Waals surface area contributed by atoms with Crippen LogP contribution < -0.4 is 16.6 Å². The van der Waals surface area contributed by atoms with E-state index in [1.165, 1.54) is 22.7 Å². The monoisotopic (exact) mass is 339 g/mol. The molecule has 4 rings (SSSR count). The predicted molar refractivity (Wildman–Crippen MR) is 95.5 cm³/mol. The first-order valence-electron chi connectivity index (χ1n) is 8.41. The van der Waals surface area contributed by atoms with E-state index in [-0.39, 0.29) is 11.2 Å². The van der Waals surface area contributed by atoms with Crippen molar-refractivity contribution in [3.05, 3.63) is 62.1 Å². The van der Waals surface area contributed by atoms with Gasteiger partial charge in [-0.2, -0.15) is 0 Å². The van der Waals surface area contributed by atoms with Gasteiger partial charge < -0.3 is 9.88 Å². The van der Waals surface area contributed by atoms with E-state index in [0.29, 0.717) is 23.8 Å². The zero-order valence-electron chi connectivity index (χ0n) is 14.6. The summed E-state index contributed by atoms with van der Waals surface area (Å²) in [6.07, 6.45) is 2.13. The molecule has 0 radical (unpaired) electrons. The summed E-state index contributed by atoms with van der Waals surface area (Å²) < 4.78 is 4.32. The quantitative estimate of drug-likeness (QED) is 0.764. The Bertz CT molecular complexity index is 1090. The minimum Gasteiger partial charge on any atom is -0.324 e. The number of hydrogen-bond acceptors (Lipinski definition) is 4. The van der Waals surface area contributed by atoms with E-state index < -0.39 is 0 Å². The number of nitrogens with zero attached hydrogens (tertiary/aromatic N) is 4. The van der Waals surface area contributed by atoms with E-state index in [9.17, 15) is 9.59 Å². The number of aryl methyl sites for hydroxylation is 3. The highest BCUT2D eigenvalue weighted by molar-refractivity contribution is 5.70. The zero-order chi connectivity index (χ0) is 17.7. The fraction of sp³-hybridized carbons (Fsp3) is 0.389. The molecule has 1 aliphatic carbocycles. The average Bonchev–Trinajstić information content (AvgIpc) is 3.18. The molecule has 1 aliphatic rings. The highest BCUT2D eigenvalue weighted by Crippen LogP contribution is 2.30. The maximum atomic E-state index is 12.4. The van der Waals surface area contributed by atoms with Crippen LogP contribution in [0, 0.1) is 0 Å². The molecular weight excluding hydrogens is 318 g/mol. The Morgan fingerprint density at radius 2 is 1.88 bits per heavy atom. The number of fused-ring (bicyclic) bond motifs is 2. The third kappa shape index (κ3) is 2.34. The maximum absolute atomic E-state index is 12.4. The zero-order valence-corrected chi connectivity index (χ0v) is 14.6. The average molecular weight is 339 g/mol. The lowest BCUT2D eigenvalue weighted by Crippen LogP contribution is -2.37. The van der Waals surface area contributed by atoms with Gasteiger partial charge in [-0.05, 0) is 24.0 Å². The van der Waals surface area contributed by atoms with E-state index in [1.807, 2.05) is 7.05 Å². The van der Waals surface area contributed by atoms with E-state index in [4.69, 9.17) is 0 Å². The van der Waals surface area contributed by atoms with Crippen molar-refractivity contribution in [2.24, 2.45) is 21.1 Å².